The van der Waals surface area contributed by atoms with Gasteiger partial charge >= 0.3 is 0 Å². The van der Waals surface area contributed by atoms with E-state index in [1.807, 2.05) is 66.1 Å². The molecule has 8 nitrogen and oxygen atoms in total. The first kappa shape index (κ1) is 25.0. The fourth-order valence-electron chi connectivity index (χ4n) is 3.54. The molecule has 0 aliphatic carbocycles. The van der Waals surface area contributed by atoms with Crippen molar-refractivity contribution in [2.45, 2.75) is 25.2 Å². The van der Waals surface area contributed by atoms with Crippen molar-refractivity contribution < 1.29 is 14.3 Å². The normalized spacial score (nSPS) is 10.6. The first-order valence-corrected chi connectivity index (χ1v) is 12.4. The minimum absolute atomic E-state index is 0.130. The summed E-state index contributed by atoms with van der Waals surface area (Å²) in [4.78, 5) is 25.2. The zero-order valence-corrected chi connectivity index (χ0v) is 20.9. The van der Waals surface area contributed by atoms with Crippen LogP contribution < -0.4 is 15.4 Å². The van der Waals surface area contributed by atoms with Crippen LogP contribution in [0.15, 0.2) is 84.0 Å². The maximum atomic E-state index is 12.6. The van der Waals surface area contributed by atoms with Crippen LogP contribution in [-0.4, -0.2) is 39.4 Å². The molecule has 184 valence electrons. The number of nitrogens with zero attached hydrogens (tertiary/aromatic N) is 3. The molecular weight excluding hydrogens is 474 g/mol. The van der Waals surface area contributed by atoms with Crippen LogP contribution in [0.5, 0.6) is 5.75 Å². The lowest BCUT2D eigenvalue weighted by atomic mass is 10.2. The van der Waals surface area contributed by atoms with Crippen molar-refractivity contribution in [1.82, 2.24) is 20.1 Å². The molecule has 0 bridgehead atoms. The highest BCUT2D eigenvalue weighted by atomic mass is 32.2. The molecule has 0 saturated carbocycles. The van der Waals surface area contributed by atoms with E-state index in [0.29, 0.717) is 28.8 Å². The first-order chi connectivity index (χ1) is 17.5. The van der Waals surface area contributed by atoms with Crippen LogP contribution in [0, 0.1) is 6.92 Å². The predicted octanol–water partition coefficient (Wildman–Crippen LogP) is 4.30. The summed E-state index contributed by atoms with van der Waals surface area (Å²) in [5, 5.41) is 15.0. The number of aryl methyl sites for hydroxylation is 1. The van der Waals surface area contributed by atoms with Crippen LogP contribution in [0.4, 0.5) is 5.69 Å². The SMILES string of the molecule is COc1ccc(C(=O)NCc2nnc(SCC(=O)Nc3cccc(C)c3)n2Cc2ccccc2)cc1. The molecule has 0 radical (unpaired) electrons. The summed E-state index contributed by atoms with van der Waals surface area (Å²) in [6.07, 6.45) is 0. The molecular formula is C27H27N5O3S. The molecule has 0 saturated heterocycles. The summed E-state index contributed by atoms with van der Waals surface area (Å²) in [6, 6.07) is 24.5. The number of carbonyl (C=O) groups is 2. The van der Waals surface area contributed by atoms with Crippen LogP contribution >= 0.6 is 11.8 Å². The Morgan fingerprint density at radius 1 is 0.972 bits per heavy atom. The van der Waals surface area contributed by atoms with E-state index in [-0.39, 0.29) is 24.1 Å². The summed E-state index contributed by atoms with van der Waals surface area (Å²) in [5.74, 6) is 1.11. The van der Waals surface area contributed by atoms with Gasteiger partial charge in [-0.25, -0.2) is 0 Å². The second kappa shape index (κ2) is 12.0. The smallest absolute Gasteiger partial charge is 0.251 e. The second-order valence-corrected chi connectivity index (χ2v) is 9.03. The monoisotopic (exact) mass is 501 g/mol. The van der Waals surface area contributed by atoms with Crippen LogP contribution in [0.25, 0.3) is 0 Å². The fourth-order valence-corrected chi connectivity index (χ4v) is 4.29. The van der Waals surface area contributed by atoms with Gasteiger partial charge in [-0.1, -0.05) is 54.2 Å². The van der Waals surface area contributed by atoms with Gasteiger partial charge in [-0.05, 0) is 54.4 Å². The van der Waals surface area contributed by atoms with Crippen LogP contribution in [0.2, 0.25) is 0 Å². The maximum absolute atomic E-state index is 12.6. The molecule has 9 heteroatoms. The Balaban J connectivity index is 1.45. The summed E-state index contributed by atoms with van der Waals surface area (Å²) in [7, 11) is 1.58. The molecule has 36 heavy (non-hydrogen) atoms. The third-order valence-corrected chi connectivity index (χ3v) is 6.34. The highest BCUT2D eigenvalue weighted by Crippen LogP contribution is 2.20. The lowest BCUT2D eigenvalue weighted by Crippen LogP contribution is -2.25. The van der Waals surface area contributed by atoms with E-state index in [4.69, 9.17) is 4.74 Å². The average Bonchev–Trinajstić information content (AvgIpc) is 3.27. The maximum Gasteiger partial charge on any atom is 0.251 e. The quantitative estimate of drug-likeness (QED) is 0.314. The number of amides is 2. The Labute approximate surface area is 214 Å². The number of anilines is 1. The Bertz CT molecular complexity index is 1320. The Kier molecular flexibility index (Phi) is 8.36. The largest absolute Gasteiger partial charge is 0.497 e. The van der Waals surface area contributed by atoms with Crippen molar-refractivity contribution >= 4 is 29.3 Å². The summed E-state index contributed by atoms with van der Waals surface area (Å²) in [6.45, 7) is 2.69. The number of rotatable bonds is 10. The molecule has 3 aromatic carbocycles. The second-order valence-electron chi connectivity index (χ2n) is 8.09. The van der Waals surface area contributed by atoms with Gasteiger partial charge in [-0.15, -0.1) is 10.2 Å². The van der Waals surface area contributed by atoms with Gasteiger partial charge in [-0.3, -0.25) is 9.59 Å². The minimum Gasteiger partial charge on any atom is -0.497 e. The molecule has 0 aliphatic rings. The number of hydrogen-bond acceptors (Lipinski definition) is 6. The van der Waals surface area contributed by atoms with Gasteiger partial charge in [0.25, 0.3) is 5.91 Å². The van der Waals surface area contributed by atoms with Gasteiger partial charge < -0.3 is 19.9 Å². The molecule has 1 heterocycles. The van der Waals surface area contributed by atoms with Gasteiger partial charge in [0.1, 0.15) is 5.75 Å². The van der Waals surface area contributed by atoms with Gasteiger partial charge in [-0.2, -0.15) is 0 Å². The molecule has 0 spiro atoms. The van der Waals surface area contributed by atoms with E-state index >= 15 is 0 Å². The van der Waals surface area contributed by atoms with Crippen LogP contribution in [-0.2, 0) is 17.9 Å². The molecule has 4 rings (SSSR count). The number of thioether (sulfide) groups is 1. The number of ether oxygens (including phenoxy) is 1. The summed E-state index contributed by atoms with van der Waals surface area (Å²) >= 11 is 1.30. The molecule has 4 aromatic rings. The fraction of sp³-hybridized carbons (Fsp3) is 0.185. The number of carbonyl (C=O) groups excluding carboxylic acids is 2. The first-order valence-electron chi connectivity index (χ1n) is 11.4. The standard InChI is InChI=1S/C27H27N5O3S/c1-19-7-6-10-22(15-19)29-25(33)18-36-27-31-30-24(32(27)17-20-8-4-3-5-9-20)16-28-26(34)21-11-13-23(35-2)14-12-21/h3-15H,16-18H2,1-2H3,(H,28,34)(H,29,33). The van der Waals surface area contributed by atoms with Gasteiger partial charge in [0.05, 0.1) is 26.0 Å². The van der Waals surface area contributed by atoms with E-state index in [9.17, 15) is 9.59 Å². The van der Waals surface area contributed by atoms with Crippen LogP contribution in [0.3, 0.4) is 0 Å². The van der Waals surface area contributed by atoms with Crippen molar-refractivity contribution in [3.8, 4) is 5.75 Å². The number of nitrogens with one attached hydrogen (secondary N) is 2. The van der Waals surface area contributed by atoms with Crippen molar-refractivity contribution in [2.24, 2.45) is 0 Å². The molecule has 1 aromatic heterocycles. The molecule has 0 fully saturated rings. The molecule has 0 unspecified atom stereocenters. The third kappa shape index (κ3) is 6.73. The highest BCUT2D eigenvalue weighted by Gasteiger charge is 2.16. The van der Waals surface area contributed by atoms with E-state index in [2.05, 4.69) is 20.8 Å². The zero-order chi connectivity index (χ0) is 25.3. The number of benzene rings is 3. The third-order valence-electron chi connectivity index (χ3n) is 5.37. The zero-order valence-electron chi connectivity index (χ0n) is 20.1. The van der Waals surface area contributed by atoms with E-state index < -0.39 is 0 Å². The van der Waals surface area contributed by atoms with E-state index in [0.717, 1.165) is 16.8 Å². The Hall–Kier alpha value is -4.11. The Morgan fingerprint density at radius 2 is 1.75 bits per heavy atom. The van der Waals surface area contributed by atoms with Gasteiger partial charge in [0.2, 0.25) is 5.91 Å². The Morgan fingerprint density at radius 3 is 2.47 bits per heavy atom. The molecule has 0 aliphatic heterocycles. The average molecular weight is 502 g/mol. The number of aromatic nitrogens is 3. The lowest BCUT2D eigenvalue weighted by molar-refractivity contribution is -0.113. The molecule has 0 atom stereocenters. The van der Waals surface area contributed by atoms with Gasteiger partial charge in [0.15, 0.2) is 11.0 Å². The topological polar surface area (TPSA) is 98.1 Å². The lowest BCUT2D eigenvalue weighted by Gasteiger charge is -2.11. The van der Waals surface area contributed by atoms with E-state index in [1.165, 1.54) is 11.8 Å². The summed E-state index contributed by atoms with van der Waals surface area (Å²) in [5.41, 5.74) is 3.41. The number of hydrogen-bond donors (Lipinski definition) is 2. The predicted molar refractivity (Wildman–Crippen MR) is 140 cm³/mol. The highest BCUT2D eigenvalue weighted by molar-refractivity contribution is 7.99. The van der Waals surface area contributed by atoms with Crippen molar-refractivity contribution in [2.75, 3.05) is 18.2 Å². The van der Waals surface area contributed by atoms with Crippen molar-refractivity contribution in [3.05, 3.63) is 101 Å². The van der Waals surface area contributed by atoms with E-state index in [1.54, 1.807) is 31.4 Å². The van der Waals surface area contributed by atoms with Crippen LogP contribution in [0.1, 0.15) is 27.3 Å². The molecule has 2 N–H and O–H groups in total. The van der Waals surface area contributed by atoms with Gasteiger partial charge in [0, 0.05) is 11.3 Å². The van der Waals surface area contributed by atoms with Crippen molar-refractivity contribution in [3.63, 3.8) is 0 Å². The minimum atomic E-state index is -0.223. The summed E-state index contributed by atoms with van der Waals surface area (Å²) < 4.78 is 7.07. The number of methoxy groups -OCH3 is 1. The molecule has 2 amide bonds. The van der Waals surface area contributed by atoms with Crippen molar-refractivity contribution in [1.29, 1.82) is 0 Å².